The lowest BCUT2D eigenvalue weighted by atomic mass is 9.97. The third kappa shape index (κ3) is 6.75. The number of rotatable bonds is 8. The van der Waals surface area contributed by atoms with E-state index in [4.69, 9.17) is 0 Å². The van der Waals surface area contributed by atoms with Crippen LogP contribution in [0.4, 0.5) is 19.0 Å². The third-order valence-corrected chi connectivity index (χ3v) is 8.88. The van der Waals surface area contributed by atoms with E-state index in [1.807, 2.05) is 4.90 Å². The van der Waals surface area contributed by atoms with Crippen LogP contribution in [0.5, 0.6) is 0 Å². The smallest absolute Gasteiger partial charge is 0.416 e. The second-order valence-corrected chi connectivity index (χ2v) is 12.2. The summed E-state index contributed by atoms with van der Waals surface area (Å²) in [6.45, 7) is 7.09. The standard InChI is InChI=1S/C29H32F3N5O3S/c1-17-5-8-36(15-17)16-24-27(20-4-3-18(2)21(11-20)29(30,31)32)35-26(41-24)12-23(38)22-13-34-25(14-33-22)37-9-6-19(7-10-37)28(39)40/h3-4,11,13-14,17,19H,5-10,12,15-16H2,1-2H3,(H,39,40). The van der Waals surface area contributed by atoms with Crippen LogP contribution in [0.25, 0.3) is 11.3 Å². The van der Waals surface area contributed by atoms with E-state index in [0.29, 0.717) is 60.5 Å². The number of nitrogens with zero attached hydrogens (tertiary/aromatic N) is 5. The lowest BCUT2D eigenvalue weighted by Gasteiger charge is -2.30. The van der Waals surface area contributed by atoms with Gasteiger partial charge in [-0.3, -0.25) is 14.5 Å². The minimum atomic E-state index is -4.48. The van der Waals surface area contributed by atoms with Gasteiger partial charge in [0.15, 0.2) is 5.78 Å². The molecule has 0 radical (unpaired) electrons. The minimum Gasteiger partial charge on any atom is -0.481 e. The van der Waals surface area contributed by atoms with E-state index >= 15 is 0 Å². The van der Waals surface area contributed by atoms with Crippen LogP contribution >= 0.6 is 11.3 Å². The van der Waals surface area contributed by atoms with Crippen molar-refractivity contribution in [3.8, 4) is 11.3 Å². The number of carbonyl (C=O) groups excluding carboxylic acids is 1. The Kier molecular flexibility index (Phi) is 8.42. The number of carboxylic acids is 1. The molecule has 2 aliphatic heterocycles. The second-order valence-electron chi connectivity index (χ2n) is 11.0. The molecule has 1 aromatic carbocycles. The van der Waals surface area contributed by atoms with Crippen molar-refractivity contribution in [3.05, 3.63) is 57.3 Å². The maximum Gasteiger partial charge on any atom is 0.416 e. The number of hydrogen-bond donors (Lipinski definition) is 1. The largest absolute Gasteiger partial charge is 0.481 e. The number of hydrogen-bond acceptors (Lipinski definition) is 8. The first-order chi connectivity index (χ1) is 19.5. The molecule has 8 nitrogen and oxygen atoms in total. The van der Waals surface area contributed by atoms with Crippen LogP contribution in [0.15, 0.2) is 30.6 Å². The molecular weight excluding hydrogens is 555 g/mol. The fourth-order valence-electron chi connectivity index (χ4n) is 5.47. The van der Waals surface area contributed by atoms with Gasteiger partial charge in [-0.25, -0.2) is 15.0 Å². The van der Waals surface area contributed by atoms with Crippen molar-refractivity contribution in [1.82, 2.24) is 19.9 Å². The maximum absolute atomic E-state index is 13.7. The highest BCUT2D eigenvalue weighted by atomic mass is 32.1. The quantitative estimate of drug-likeness (QED) is 0.345. The third-order valence-electron chi connectivity index (χ3n) is 7.84. The van der Waals surface area contributed by atoms with E-state index in [-0.39, 0.29) is 29.4 Å². The summed E-state index contributed by atoms with van der Waals surface area (Å²) in [5.74, 6) is -0.293. The number of carboxylic acid groups (broad SMARTS) is 1. The van der Waals surface area contributed by atoms with E-state index in [1.54, 1.807) is 6.07 Å². The normalized spacial score (nSPS) is 18.7. The number of alkyl halides is 3. The van der Waals surface area contributed by atoms with E-state index in [2.05, 4.69) is 26.8 Å². The molecule has 1 N–H and O–H groups in total. The van der Waals surface area contributed by atoms with Crippen LogP contribution in [0, 0.1) is 18.8 Å². The average Bonchev–Trinajstić information content (AvgIpc) is 3.53. The molecule has 0 amide bonds. The number of carbonyl (C=O) groups is 2. The molecule has 0 spiro atoms. The van der Waals surface area contributed by atoms with E-state index in [1.165, 1.54) is 36.7 Å². The molecule has 1 unspecified atom stereocenters. The van der Waals surface area contributed by atoms with Crippen molar-refractivity contribution in [2.75, 3.05) is 31.1 Å². The Bertz CT molecular complexity index is 1420. The molecule has 1 atom stereocenters. The van der Waals surface area contributed by atoms with Gasteiger partial charge >= 0.3 is 12.1 Å². The van der Waals surface area contributed by atoms with E-state index in [0.717, 1.165) is 30.5 Å². The van der Waals surface area contributed by atoms with Gasteiger partial charge in [-0.1, -0.05) is 19.1 Å². The van der Waals surface area contributed by atoms with Gasteiger partial charge in [0.1, 0.15) is 16.5 Å². The fraction of sp³-hybridized carbons (Fsp3) is 0.483. The summed E-state index contributed by atoms with van der Waals surface area (Å²) in [6, 6.07) is 4.27. The number of thiazole rings is 1. The maximum atomic E-state index is 13.7. The predicted molar refractivity (Wildman–Crippen MR) is 149 cm³/mol. The van der Waals surface area contributed by atoms with Crippen LogP contribution in [0.2, 0.25) is 0 Å². The molecular formula is C29H32F3N5O3S. The Balaban J connectivity index is 1.35. The molecule has 2 fully saturated rings. The van der Waals surface area contributed by atoms with E-state index in [9.17, 15) is 27.9 Å². The van der Waals surface area contributed by atoms with Gasteiger partial charge in [-0.15, -0.1) is 11.3 Å². The average molecular weight is 588 g/mol. The number of Topliss-reactive ketones (excluding diaryl/α,β-unsaturated/α-hetero) is 1. The Morgan fingerprint density at radius 2 is 1.85 bits per heavy atom. The van der Waals surface area contributed by atoms with Crippen LogP contribution < -0.4 is 4.90 Å². The topological polar surface area (TPSA) is 99.5 Å². The molecule has 0 bridgehead atoms. The summed E-state index contributed by atoms with van der Waals surface area (Å²) in [5, 5.41) is 9.71. The Morgan fingerprint density at radius 1 is 1.10 bits per heavy atom. The first-order valence-corrected chi connectivity index (χ1v) is 14.5. The molecule has 3 aromatic rings. The van der Waals surface area contributed by atoms with Crippen LogP contribution in [0.3, 0.4) is 0 Å². The number of anilines is 1. The molecule has 4 heterocycles. The molecule has 218 valence electrons. The number of benzene rings is 1. The molecule has 2 aromatic heterocycles. The Morgan fingerprint density at radius 3 is 2.46 bits per heavy atom. The minimum absolute atomic E-state index is 0.0376. The molecule has 0 saturated carbocycles. The summed E-state index contributed by atoms with van der Waals surface area (Å²) < 4.78 is 41.0. The van der Waals surface area contributed by atoms with Gasteiger partial charge in [0.2, 0.25) is 0 Å². The molecule has 2 saturated heterocycles. The highest BCUT2D eigenvalue weighted by molar-refractivity contribution is 7.12. The fourth-order valence-corrected chi connectivity index (χ4v) is 6.60. The summed E-state index contributed by atoms with van der Waals surface area (Å²) in [5.41, 5.74) is 0.500. The Hall–Kier alpha value is -3.38. The van der Waals surface area contributed by atoms with E-state index < -0.39 is 17.7 Å². The molecule has 2 aliphatic rings. The number of piperidine rings is 1. The summed E-state index contributed by atoms with van der Waals surface area (Å²) in [4.78, 5) is 42.8. The number of ketones is 1. The van der Waals surface area contributed by atoms with Gasteiger partial charge in [0.05, 0.1) is 36.0 Å². The zero-order valence-corrected chi connectivity index (χ0v) is 23.8. The zero-order valence-electron chi connectivity index (χ0n) is 22.9. The first-order valence-electron chi connectivity index (χ1n) is 13.7. The number of aryl methyl sites for hydroxylation is 1. The summed E-state index contributed by atoms with van der Waals surface area (Å²) in [7, 11) is 0. The second kappa shape index (κ2) is 11.8. The molecule has 12 heteroatoms. The number of aliphatic carboxylic acids is 1. The summed E-state index contributed by atoms with van der Waals surface area (Å²) >= 11 is 1.35. The van der Waals surface area contributed by atoms with Crippen molar-refractivity contribution in [1.29, 1.82) is 0 Å². The van der Waals surface area contributed by atoms with Crippen LogP contribution in [-0.2, 0) is 23.9 Å². The van der Waals surface area contributed by atoms with Gasteiger partial charge in [0.25, 0.3) is 0 Å². The van der Waals surface area contributed by atoms with Gasteiger partial charge in [0, 0.05) is 36.6 Å². The van der Waals surface area contributed by atoms with Crippen molar-refractivity contribution in [3.63, 3.8) is 0 Å². The van der Waals surface area contributed by atoms with Gasteiger partial charge < -0.3 is 10.0 Å². The summed E-state index contributed by atoms with van der Waals surface area (Å²) in [6.07, 6.45) is 0.529. The molecule has 0 aliphatic carbocycles. The lowest BCUT2D eigenvalue weighted by molar-refractivity contribution is -0.142. The molecule has 5 rings (SSSR count). The highest BCUT2D eigenvalue weighted by Crippen LogP contribution is 2.37. The zero-order chi connectivity index (χ0) is 29.3. The number of likely N-dealkylation sites (tertiary alicyclic amines) is 1. The van der Waals surface area contributed by atoms with Crippen LogP contribution in [-0.4, -0.2) is 62.9 Å². The highest BCUT2D eigenvalue weighted by Gasteiger charge is 2.33. The van der Waals surface area contributed by atoms with Crippen molar-refractivity contribution in [2.45, 2.75) is 52.3 Å². The van der Waals surface area contributed by atoms with Crippen molar-refractivity contribution < 1.29 is 27.9 Å². The monoisotopic (exact) mass is 587 g/mol. The van der Waals surface area contributed by atoms with Gasteiger partial charge in [-0.05, 0) is 50.3 Å². The lowest BCUT2D eigenvalue weighted by Crippen LogP contribution is -2.36. The van der Waals surface area contributed by atoms with Crippen LogP contribution in [0.1, 0.15) is 57.7 Å². The predicted octanol–water partition coefficient (Wildman–Crippen LogP) is 5.50. The van der Waals surface area contributed by atoms with Crippen molar-refractivity contribution >= 4 is 28.9 Å². The first kappa shape index (κ1) is 29.1. The SMILES string of the molecule is Cc1ccc(-c2nc(CC(=O)c3cnc(N4CCC(C(=O)O)CC4)cn3)sc2CN2CCC(C)C2)cc1C(F)(F)F. The number of halogens is 3. The molecule has 41 heavy (non-hydrogen) atoms. The number of aromatic nitrogens is 3. The Labute approximate surface area is 240 Å². The van der Waals surface area contributed by atoms with Crippen molar-refractivity contribution in [2.24, 2.45) is 11.8 Å². The van der Waals surface area contributed by atoms with Gasteiger partial charge in [-0.2, -0.15) is 13.2 Å².